The standard InChI is InChI=1S/C25H24Br2N2O3S/c1-17-3-10-23(11-4-17)33(31,32)28(15-19-5-7-21(26)8-6-19)16-25(30)29-18(2)13-20-14-22(27)9-12-24(20)29/h3-12,14,18H,13,15-16H2,1-2H3. The molecule has 1 heterocycles. The third kappa shape index (κ3) is 5.24. The van der Waals surface area contributed by atoms with Gasteiger partial charge in [-0.25, -0.2) is 8.42 Å². The van der Waals surface area contributed by atoms with Crippen LogP contribution in [0.15, 0.2) is 80.6 Å². The highest BCUT2D eigenvalue weighted by atomic mass is 79.9. The number of nitrogens with zero attached hydrogens (tertiary/aromatic N) is 2. The summed E-state index contributed by atoms with van der Waals surface area (Å²) >= 11 is 6.90. The van der Waals surface area contributed by atoms with E-state index in [0.29, 0.717) is 0 Å². The van der Waals surface area contributed by atoms with Crippen molar-refractivity contribution >= 4 is 53.5 Å². The van der Waals surface area contributed by atoms with Crippen LogP contribution in [0.4, 0.5) is 5.69 Å². The van der Waals surface area contributed by atoms with E-state index in [-0.39, 0.29) is 29.9 Å². The molecule has 1 amide bonds. The first-order chi connectivity index (χ1) is 15.6. The van der Waals surface area contributed by atoms with Gasteiger partial charge in [0.05, 0.1) is 11.4 Å². The van der Waals surface area contributed by atoms with Crippen LogP contribution >= 0.6 is 31.9 Å². The molecule has 0 radical (unpaired) electrons. The van der Waals surface area contributed by atoms with Crippen molar-refractivity contribution < 1.29 is 13.2 Å². The summed E-state index contributed by atoms with van der Waals surface area (Å²) in [6, 6.07) is 20.0. The third-order valence-electron chi connectivity index (χ3n) is 5.77. The predicted molar refractivity (Wildman–Crippen MR) is 138 cm³/mol. The lowest BCUT2D eigenvalue weighted by molar-refractivity contribution is -0.119. The fourth-order valence-electron chi connectivity index (χ4n) is 4.09. The normalized spacial score (nSPS) is 15.7. The molecule has 5 nitrogen and oxygen atoms in total. The molecule has 0 bridgehead atoms. The number of amides is 1. The summed E-state index contributed by atoms with van der Waals surface area (Å²) in [6.07, 6.45) is 0.734. The Balaban J connectivity index is 1.67. The van der Waals surface area contributed by atoms with Gasteiger partial charge in [0.15, 0.2) is 0 Å². The first-order valence-corrected chi connectivity index (χ1v) is 13.6. The molecule has 0 aliphatic carbocycles. The number of anilines is 1. The predicted octanol–water partition coefficient (Wildman–Crippen LogP) is 5.69. The average molecular weight is 592 g/mol. The first kappa shape index (κ1) is 24.1. The van der Waals surface area contributed by atoms with Gasteiger partial charge in [0.1, 0.15) is 0 Å². The molecule has 0 saturated carbocycles. The lowest BCUT2D eigenvalue weighted by Gasteiger charge is -2.27. The molecule has 3 aromatic rings. The van der Waals surface area contributed by atoms with Gasteiger partial charge in [-0.2, -0.15) is 4.31 Å². The second kappa shape index (κ2) is 9.70. The second-order valence-corrected chi connectivity index (χ2v) is 12.1. The number of rotatable bonds is 6. The number of aryl methyl sites for hydroxylation is 1. The van der Waals surface area contributed by atoms with Crippen LogP contribution in [-0.2, 0) is 27.8 Å². The van der Waals surface area contributed by atoms with Crippen LogP contribution in [0.5, 0.6) is 0 Å². The summed E-state index contributed by atoms with van der Waals surface area (Å²) in [5.74, 6) is -0.239. The van der Waals surface area contributed by atoms with Crippen molar-refractivity contribution in [2.24, 2.45) is 0 Å². The minimum atomic E-state index is -3.89. The van der Waals surface area contributed by atoms with E-state index in [0.717, 1.165) is 37.7 Å². The van der Waals surface area contributed by atoms with Crippen LogP contribution in [0.1, 0.15) is 23.6 Å². The van der Waals surface area contributed by atoms with E-state index in [1.165, 1.54) is 4.31 Å². The van der Waals surface area contributed by atoms with Gasteiger partial charge in [-0.15, -0.1) is 0 Å². The van der Waals surface area contributed by atoms with E-state index in [1.54, 1.807) is 29.2 Å². The smallest absolute Gasteiger partial charge is 0.243 e. The van der Waals surface area contributed by atoms with Gasteiger partial charge in [-0.3, -0.25) is 4.79 Å². The van der Waals surface area contributed by atoms with E-state index in [9.17, 15) is 13.2 Å². The molecule has 4 rings (SSSR count). The van der Waals surface area contributed by atoms with E-state index >= 15 is 0 Å². The Morgan fingerprint density at radius 2 is 1.64 bits per heavy atom. The molecule has 1 aliphatic heterocycles. The highest BCUT2D eigenvalue weighted by Crippen LogP contribution is 2.34. The molecule has 0 N–H and O–H groups in total. The number of carbonyl (C=O) groups excluding carboxylic acids is 1. The number of halogens is 2. The van der Waals surface area contributed by atoms with Crippen molar-refractivity contribution in [2.75, 3.05) is 11.4 Å². The SMILES string of the molecule is Cc1ccc(S(=O)(=O)N(CC(=O)N2c3ccc(Br)cc3CC2C)Cc2ccc(Br)cc2)cc1. The molecule has 0 saturated heterocycles. The molecule has 1 unspecified atom stereocenters. The zero-order valence-corrected chi connectivity index (χ0v) is 22.3. The number of hydrogen-bond acceptors (Lipinski definition) is 3. The van der Waals surface area contributed by atoms with Crippen molar-refractivity contribution in [1.82, 2.24) is 4.31 Å². The van der Waals surface area contributed by atoms with Gasteiger partial charge in [-0.05, 0) is 73.9 Å². The Labute approximate surface area is 211 Å². The topological polar surface area (TPSA) is 57.7 Å². The molecule has 172 valence electrons. The zero-order chi connectivity index (χ0) is 23.8. The third-order valence-corrected chi connectivity index (χ3v) is 8.60. The maximum Gasteiger partial charge on any atom is 0.243 e. The number of benzene rings is 3. The summed E-state index contributed by atoms with van der Waals surface area (Å²) in [6.45, 7) is 3.75. The van der Waals surface area contributed by atoms with Gasteiger partial charge in [0.25, 0.3) is 0 Å². The van der Waals surface area contributed by atoms with Gasteiger partial charge in [-0.1, -0.05) is 61.7 Å². The van der Waals surface area contributed by atoms with Crippen LogP contribution in [0, 0.1) is 6.92 Å². The molecular weight excluding hydrogens is 568 g/mol. The van der Waals surface area contributed by atoms with Gasteiger partial charge >= 0.3 is 0 Å². The molecule has 1 aliphatic rings. The quantitative estimate of drug-likeness (QED) is 0.370. The number of hydrogen-bond donors (Lipinski definition) is 0. The Kier molecular flexibility index (Phi) is 7.09. The highest BCUT2D eigenvalue weighted by molar-refractivity contribution is 9.10. The summed E-state index contributed by atoms with van der Waals surface area (Å²) in [4.78, 5) is 15.4. The molecule has 3 aromatic carbocycles. The molecule has 0 spiro atoms. The summed E-state index contributed by atoms with van der Waals surface area (Å²) in [5.41, 5.74) is 3.69. The fourth-order valence-corrected chi connectivity index (χ4v) is 6.14. The monoisotopic (exact) mass is 590 g/mol. The van der Waals surface area contributed by atoms with Crippen molar-refractivity contribution in [3.8, 4) is 0 Å². The van der Waals surface area contributed by atoms with Crippen LogP contribution in [-0.4, -0.2) is 31.2 Å². The highest BCUT2D eigenvalue weighted by Gasteiger charge is 2.34. The largest absolute Gasteiger partial charge is 0.308 e. The van der Waals surface area contributed by atoms with Crippen LogP contribution < -0.4 is 4.90 Å². The van der Waals surface area contributed by atoms with Gasteiger partial charge < -0.3 is 4.90 Å². The van der Waals surface area contributed by atoms with E-state index in [4.69, 9.17) is 0 Å². The Morgan fingerprint density at radius 3 is 2.30 bits per heavy atom. The maximum absolute atomic E-state index is 13.6. The van der Waals surface area contributed by atoms with Gasteiger partial charge in [0, 0.05) is 27.2 Å². The zero-order valence-electron chi connectivity index (χ0n) is 18.3. The number of fused-ring (bicyclic) bond motifs is 1. The Bertz CT molecular complexity index is 1280. The molecule has 1 atom stereocenters. The van der Waals surface area contributed by atoms with Crippen LogP contribution in [0.25, 0.3) is 0 Å². The fraction of sp³-hybridized carbons (Fsp3) is 0.240. The maximum atomic E-state index is 13.6. The van der Waals surface area contributed by atoms with E-state index in [1.807, 2.05) is 56.3 Å². The second-order valence-electron chi connectivity index (χ2n) is 8.30. The number of carbonyl (C=O) groups is 1. The Hall–Kier alpha value is -2.00. The average Bonchev–Trinajstić information content (AvgIpc) is 3.09. The lowest BCUT2D eigenvalue weighted by atomic mass is 10.1. The molecule has 0 aromatic heterocycles. The van der Waals surface area contributed by atoms with E-state index < -0.39 is 10.0 Å². The minimum absolute atomic E-state index is 0.0431. The molecule has 0 fully saturated rings. The minimum Gasteiger partial charge on any atom is -0.308 e. The van der Waals surface area contributed by atoms with Crippen LogP contribution in [0.3, 0.4) is 0 Å². The van der Waals surface area contributed by atoms with Crippen LogP contribution in [0.2, 0.25) is 0 Å². The summed E-state index contributed by atoms with van der Waals surface area (Å²) in [7, 11) is -3.89. The molecular formula is C25H24Br2N2O3S. The number of sulfonamides is 1. The van der Waals surface area contributed by atoms with E-state index in [2.05, 4.69) is 31.9 Å². The van der Waals surface area contributed by atoms with Crippen molar-refractivity contribution in [3.05, 3.63) is 92.4 Å². The summed E-state index contributed by atoms with van der Waals surface area (Å²) < 4.78 is 30.3. The van der Waals surface area contributed by atoms with Crippen molar-refractivity contribution in [3.63, 3.8) is 0 Å². The lowest BCUT2D eigenvalue weighted by Crippen LogP contribution is -2.44. The molecule has 33 heavy (non-hydrogen) atoms. The summed E-state index contributed by atoms with van der Waals surface area (Å²) in [5, 5.41) is 0. The molecule has 8 heteroatoms. The van der Waals surface area contributed by atoms with Crippen molar-refractivity contribution in [2.45, 2.75) is 37.8 Å². The van der Waals surface area contributed by atoms with Gasteiger partial charge in [0.2, 0.25) is 15.9 Å². The van der Waals surface area contributed by atoms with Crippen molar-refractivity contribution in [1.29, 1.82) is 0 Å². The Morgan fingerprint density at radius 1 is 1.00 bits per heavy atom. The first-order valence-electron chi connectivity index (χ1n) is 10.6.